The topological polar surface area (TPSA) is 114 Å². The Labute approximate surface area is 178 Å². The van der Waals surface area contributed by atoms with Gasteiger partial charge < -0.3 is 19.9 Å². The molecule has 3 rings (SSSR count). The summed E-state index contributed by atoms with van der Waals surface area (Å²) in [5, 5.41) is 20.7. The number of fused-ring (bicyclic) bond motifs is 1. The van der Waals surface area contributed by atoms with Crippen molar-refractivity contribution in [2.24, 2.45) is 21.6 Å². The fraction of sp³-hybridized carbons (Fsp3) is 0.609. The first-order valence-corrected chi connectivity index (χ1v) is 10.7. The van der Waals surface area contributed by atoms with Crippen molar-refractivity contribution in [1.82, 2.24) is 0 Å². The molecule has 1 saturated carbocycles. The van der Waals surface area contributed by atoms with Gasteiger partial charge in [-0.2, -0.15) is 10.5 Å². The lowest BCUT2D eigenvalue weighted by Crippen LogP contribution is -2.44. The molecule has 7 heteroatoms. The molecule has 160 valence electrons. The smallest absolute Gasteiger partial charge is 0.293 e. The summed E-state index contributed by atoms with van der Waals surface area (Å²) in [6.45, 7) is 7.20. The summed E-state index contributed by atoms with van der Waals surface area (Å²) >= 11 is 0. The number of nitrogens with two attached hydrogens (primary N) is 1. The third-order valence-corrected chi connectivity index (χ3v) is 6.05. The Morgan fingerprint density at radius 1 is 1.03 bits per heavy atom. The van der Waals surface area contributed by atoms with Gasteiger partial charge in [0.2, 0.25) is 0 Å². The first-order chi connectivity index (χ1) is 14.5. The summed E-state index contributed by atoms with van der Waals surface area (Å²) in [4.78, 5) is 4.50. The summed E-state index contributed by atoms with van der Waals surface area (Å²) < 4.78 is 18.1. The lowest BCUT2D eigenvalue weighted by atomic mass is 9.93. The molecule has 0 saturated heterocycles. The number of benzene rings is 1. The predicted octanol–water partition coefficient (Wildman–Crippen LogP) is 3.86. The molecule has 1 aromatic carbocycles. The quantitative estimate of drug-likeness (QED) is 0.438. The van der Waals surface area contributed by atoms with Gasteiger partial charge in [-0.05, 0) is 25.8 Å². The van der Waals surface area contributed by atoms with Crippen LogP contribution in [0, 0.1) is 33.5 Å². The highest BCUT2D eigenvalue weighted by molar-refractivity contribution is 6.00. The van der Waals surface area contributed by atoms with Crippen LogP contribution in [0.2, 0.25) is 0 Å². The average Bonchev–Trinajstić information content (AvgIpc) is 3.33. The van der Waals surface area contributed by atoms with Crippen LogP contribution in [0.3, 0.4) is 0 Å². The van der Waals surface area contributed by atoms with Crippen LogP contribution >= 0.6 is 0 Å². The number of aliphatic imine (C=N–C) groups is 1. The molecule has 1 heterocycles. The van der Waals surface area contributed by atoms with Gasteiger partial charge in [-0.25, -0.2) is 4.99 Å². The van der Waals surface area contributed by atoms with E-state index in [0.29, 0.717) is 25.6 Å². The van der Waals surface area contributed by atoms with Crippen molar-refractivity contribution in [2.45, 2.75) is 58.3 Å². The van der Waals surface area contributed by atoms with E-state index in [2.05, 4.69) is 31.0 Å². The Balaban J connectivity index is 2.13. The highest BCUT2D eigenvalue weighted by Crippen LogP contribution is 2.82. The minimum atomic E-state index is -1.60. The number of para-hydroxylation sites is 1. The van der Waals surface area contributed by atoms with E-state index < -0.39 is 22.7 Å². The van der Waals surface area contributed by atoms with Gasteiger partial charge in [0, 0.05) is 11.5 Å². The van der Waals surface area contributed by atoms with Crippen LogP contribution in [-0.4, -0.2) is 31.6 Å². The van der Waals surface area contributed by atoms with Crippen molar-refractivity contribution in [3.05, 3.63) is 29.8 Å². The number of ether oxygens (including phenoxy) is 3. The van der Waals surface area contributed by atoms with Gasteiger partial charge in [-0.1, -0.05) is 44.9 Å². The number of hydrogen-bond acceptors (Lipinski definition) is 7. The van der Waals surface area contributed by atoms with Crippen LogP contribution < -0.4 is 10.5 Å². The molecular weight excluding hydrogens is 380 g/mol. The third-order valence-electron chi connectivity index (χ3n) is 6.05. The summed E-state index contributed by atoms with van der Waals surface area (Å²) in [5.74, 6) is -1.43. The zero-order valence-electron chi connectivity index (χ0n) is 18.0. The molecule has 1 fully saturated rings. The van der Waals surface area contributed by atoms with Crippen molar-refractivity contribution in [3.63, 3.8) is 0 Å². The molecule has 1 aliphatic carbocycles. The minimum absolute atomic E-state index is 0.0934. The maximum absolute atomic E-state index is 10.5. The van der Waals surface area contributed by atoms with Crippen LogP contribution in [0.15, 0.2) is 29.3 Å². The van der Waals surface area contributed by atoms with E-state index in [4.69, 9.17) is 19.9 Å². The summed E-state index contributed by atoms with van der Waals surface area (Å²) in [5.41, 5.74) is 4.41. The molecule has 3 unspecified atom stereocenters. The molecule has 0 amide bonds. The van der Waals surface area contributed by atoms with E-state index in [0.717, 1.165) is 31.2 Å². The number of hydrogen-bond donors (Lipinski definition) is 1. The van der Waals surface area contributed by atoms with E-state index in [-0.39, 0.29) is 5.84 Å². The molecule has 1 aromatic rings. The predicted molar refractivity (Wildman–Crippen MR) is 113 cm³/mol. The Kier molecular flexibility index (Phi) is 6.36. The lowest BCUT2D eigenvalue weighted by molar-refractivity contribution is -0.260. The van der Waals surface area contributed by atoms with Crippen molar-refractivity contribution in [2.75, 3.05) is 19.8 Å². The van der Waals surface area contributed by atoms with E-state index in [1.54, 1.807) is 0 Å². The minimum Gasteiger partial charge on any atom is -0.494 e. The fourth-order valence-corrected chi connectivity index (χ4v) is 4.54. The SMILES string of the molecule is CCCCOC1(OCCCC)N=C(N)C2(C#N)C(c3ccccc3OCC)C12C#N. The Hall–Kier alpha value is -2.61. The van der Waals surface area contributed by atoms with Crippen LogP contribution in [0.25, 0.3) is 0 Å². The van der Waals surface area contributed by atoms with Crippen molar-refractivity contribution in [1.29, 1.82) is 10.5 Å². The van der Waals surface area contributed by atoms with E-state index in [1.165, 1.54) is 0 Å². The molecular formula is C23H30N4O3. The van der Waals surface area contributed by atoms with Crippen LogP contribution in [0.4, 0.5) is 0 Å². The van der Waals surface area contributed by atoms with E-state index in [9.17, 15) is 10.5 Å². The van der Waals surface area contributed by atoms with Crippen LogP contribution in [-0.2, 0) is 9.47 Å². The normalized spacial score (nSPS) is 28.2. The number of rotatable bonds is 11. The number of amidine groups is 1. The molecule has 0 bridgehead atoms. The lowest BCUT2D eigenvalue weighted by Gasteiger charge is -2.32. The van der Waals surface area contributed by atoms with E-state index in [1.807, 2.05) is 31.2 Å². The number of nitriles is 2. The molecule has 0 radical (unpaired) electrons. The Morgan fingerprint density at radius 2 is 1.67 bits per heavy atom. The Morgan fingerprint density at radius 3 is 2.20 bits per heavy atom. The maximum atomic E-state index is 10.5. The molecule has 2 N–H and O–H groups in total. The zero-order valence-corrected chi connectivity index (χ0v) is 18.0. The summed E-state index contributed by atoms with van der Waals surface area (Å²) in [7, 11) is 0. The molecule has 2 aliphatic rings. The van der Waals surface area contributed by atoms with Gasteiger partial charge >= 0.3 is 0 Å². The van der Waals surface area contributed by atoms with Crippen molar-refractivity contribution in [3.8, 4) is 17.9 Å². The summed E-state index contributed by atoms with van der Waals surface area (Å²) in [6.07, 6.45) is 3.42. The fourth-order valence-electron chi connectivity index (χ4n) is 4.54. The van der Waals surface area contributed by atoms with E-state index >= 15 is 0 Å². The monoisotopic (exact) mass is 410 g/mol. The average molecular weight is 411 g/mol. The standard InChI is InChI=1S/C23H30N4O3/c1-4-7-13-29-23(30-14-8-5-2)22(16-25)19(21(22,15-24)20(26)27-23)17-11-9-10-12-18(17)28-6-3/h9-12,19H,4-8,13-14H2,1-3H3,(H2,26,27). The number of nitrogens with zero attached hydrogens (tertiary/aromatic N) is 3. The number of unbranched alkanes of at least 4 members (excludes halogenated alkanes) is 2. The van der Waals surface area contributed by atoms with Gasteiger partial charge in [0.05, 0.1) is 32.0 Å². The van der Waals surface area contributed by atoms with Gasteiger partial charge in [0.1, 0.15) is 17.0 Å². The van der Waals surface area contributed by atoms with Crippen molar-refractivity contribution < 1.29 is 14.2 Å². The molecule has 3 atom stereocenters. The Bertz CT molecular complexity index is 877. The summed E-state index contributed by atoms with van der Waals surface area (Å²) in [6, 6.07) is 12.1. The van der Waals surface area contributed by atoms with Gasteiger partial charge in [0.15, 0.2) is 5.41 Å². The van der Waals surface area contributed by atoms with Crippen molar-refractivity contribution >= 4 is 5.84 Å². The zero-order chi connectivity index (χ0) is 21.8. The van der Waals surface area contributed by atoms with Crippen LogP contribution in [0.1, 0.15) is 57.9 Å². The second kappa shape index (κ2) is 8.63. The molecule has 0 spiro atoms. The maximum Gasteiger partial charge on any atom is 0.293 e. The molecule has 30 heavy (non-hydrogen) atoms. The molecule has 7 nitrogen and oxygen atoms in total. The molecule has 0 aromatic heterocycles. The largest absolute Gasteiger partial charge is 0.494 e. The van der Waals surface area contributed by atoms with Gasteiger partial charge in [-0.3, -0.25) is 0 Å². The third kappa shape index (κ3) is 2.88. The van der Waals surface area contributed by atoms with Gasteiger partial charge in [-0.15, -0.1) is 0 Å². The second-order valence-electron chi connectivity index (χ2n) is 7.73. The second-order valence-corrected chi connectivity index (χ2v) is 7.73. The highest BCUT2D eigenvalue weighted by Gasteiger charge is 2.94. The molecule has 1 aliphatic heterocycles. The van der Waals surface area contributed by atoms with Gasteiger partial charge in [0.25, 0.3) is 5.91 Å². The highest BCUT2D eigenvalue weighted by atomic mass is 16.7. The first kappa shape index (κ1) is 22.1. The first-order valence-electron chi connectivity index (χ1n) is 10.7. The van der Waals surface area contributed by atoms with Crippen LogP contribution in [0.5, 0.6) is 5.75 Å².